The molecule has 3 aliphatic heterocycles. The van der Waals surface area contributed by atoms with Gasteiger partial charge in [-0.15, -0.1) is 5.10 Å². The predicted octanol–water partition coefficient (Wildman–Crippen LogP) is 0.900. The first-order valence-electron chi connectivity index (χ1n) is 40.3. The number of hydrogen-bond acceptors (Lipinski definition) is 20. The van der Waals surface area contributed by atoms with Crippen LogP contribution in [0.5, 0.6) is 5.75 Å². The molecule has 4 heterocycles. The van der Waals surface area contributed by atoms with E-state index in [2.05, 4.69) is 70.4 Å². The highest BCUT2D eigenvalue weighted by molar-refractivity contribution is 6.00. The van der Waals surface area contributed by atoms with E-state index in [-0.39, 0.29) is 101 Å². The van der Waals surface area contributed by atoms with Crippen LogP contribution in [0.4, 0.5) is 0 Å². The Kier molecular flexibility index (Phi) is 35.6. The standard InChI is InChI=1S/C83H116N16O17/c1-7-8-9-10-11-21-32-68(102)94-70-72(104)71(103)66(116-83(70)115-6)48-98-47-55(96-97-98)46-63-78(110)86-58(37-38-67(85)101)74(106)89-62(44-54-33-35-56(100)36-34-54)79(111)95-69(50(4)5)81(113)87-57(30-22-39-84)73(105)88-59(41-49(2)3)75(107)93-64(45-53-28-19-14-20-29-53)82(114)99-40-23-31-65(99)80(112)92-61(43-52-26-17-13-18-27-52)77(109)90-60(76(108)91-63)42-51-24-15-12-16-25-51/h12-20,24-29,33-36,47,49-50,57-66,69-72,83,100,103-104H,7-11,21-23,30-32,37-46,48,84H2,1-6H3,(H2,85,101)(H,86,110)(H,87,113)(H,88,105)(H,89,106)(H,90,109)(H,91,108)(H,92,112)(H,93,107)(H,94,102)(H,95,111)/t57-,58-,59-,60+,61-,62-,63-,64+,65-,66+,69-,70+,71+,72+,83+/m0/s1. The average molecular weight is 1610 g/mol. The van der Waals surface area contributed by atoms with Gasteiger partial charge in [-0.1, -0.05) is 175 Å². The van der Waals surface area contributed by atoms with Crippen molar-refractivity contribution in [2.75, 3.05) is 20.2 Å². The zero-order valence-electron chi connectivity index (χ0n) is 66.9. The maximum Gasteiger partial charge on any atom is 0.246 e. The minimum atomic E-state index is -1.79. The number of benzene rings is 4. The molecular formula is C83H116N16O17. The molecule has 0 unspecified atom stereocenters. The lowest BCUT2D eigenvalue weighted by atomic mass is 9.96. The SMILES string of the molecule is CCCCCCCCC(=O)N[C@H]1[C@H](OC)O[C@H](Cn2cc(C[C@@H]3NC(=O)[C@@H](Cc4ccccc4)NC(=O)[C@H](Cc4ccccc4)NC(=O)[C@@H]4CCCN4C(=O)[C@@H](Cc4ccccc4)NC(=O)[C@H](CC(C)C)NC(=O)[C@H](CCCN)NC(=O)[C@H](C(C)C)NC(=O)[C@H](Cc4ccc(O)cc4)NC(=O)[C@H](CCC(N)=O)NC3=O)nn2)[C@@H](O)[C@@H]1O. The number of aromatic nitrogens is 3. The maximum absolute atomic E-state index is 15.6. The predicted molar refractivity (Wildman–Crippen MR) is 427 cm³/mol. The Bertz CT molecular complexity index is 4060. The van der Waals surface area contributed by atoms with Gasteiger partial charge < -0.3 is 94.3 Å². The number of fused-ring (bicyclic) bond motifs is 1. The van der Waals surface area contributed by atoms with Gasteiger partial charge in [0.1, 0.15) is 90.5 Å². The summed E-state index contributed by atoms with van der Waals surface area (Å²) in [5.74, 6) is -11.2. The van der Waals surface area contributed by atoms with Gasteiger partial charge >= 0.3 is 0 Å². The number of aliphatic hydroxyl groups excluding tert-OH is 2. The molecule has 8 rings (SSSR count). The number of primary amides is 1. The maximum atomic E-state index is 15.6. The lowest BCUT2D eigenvalue weighted by Gasteiger charge is -2.42. The summed E-state index contributed by atoms with van der Waals surface area (Å²) < 4.78 is 12.9. The monoisotopic (exact) mass is 1610 g/mol. The van der Waals surface area contributed by atoms with Crippen LogP contribution in [0, 0.1) is 11.8 Å². The first-order chi connectivity index (χ1) is 55.6. The van der Waals surface area contributed by atoms with E-state index >= 15 is 33.6 Å². The molecule has 3 aliphatic rings. The van der Waals surface area contributed by atoms with E-state index in [0.29, 0.717) is 35.1 Å². The van der Waals surface area contributed by atoms with Crippen molar-refractivity contribution in [3.8, 4) is 5.75 Å². The molecule has 33 heteroatoms. The third-order valence-electron chi connectivity index (χ3n) is 20.8. The molecule has 15 atom stereocenters. The van der Waals surface area contributed by atoms with Gasteiger partial charge in [-0.05, 0) is 97.7 Å². The fraction of sp³-hybridized carbons (Fsp3) is 0.542. The van der Waals surface area contributed by atoms with Crippen molar-refractivity contribution in [1.29, 1.82) is 0 Å². The quantitative estimate of drug-likeness (QED) is 0.0284. The van der Waals surface area contributed by atoms with E-state index in [9.17, 15) is 39.3 Å². The van der Waals surface area contributed by atoms with Crippen LogP contribution < -0.4 is 64.6 Å². The molecule has 0 spiro atoms. The first kappa shape index (κ1) is 90.8. The van der Waals surface area contributed by atoms with E-state index in [1.165, 1.54) is 47.2 Å². The fourth-order valence-corrected chi connectivity index (χ4v) is 14.4. The number of unbranched alkanes of at least 4 members (excludes halogenated alkanes) is 5. The molecule has 0 radical (unpaired) electrons. The zero-order valence-corrected chi connectivity index (χ0v) is 66.9. The first-order valence-corrected chi connectivity index (χ1v) is 40.3. The van der Waals surface area contributed by atoms with Gasteiger partial charge in [0.2, 0.25) is 70.9 Å². The molecule has 12 amide bonds. The molecule has 3 fully saturated rings. The number of carbonyl (C=O) groups is 12. The largest absolute Gasteiger partial charge is 0.508 e. The summed E-state index contributed by atoms with van der Waals surface area (Å²) in [7, 11) is 1.31. The van der Waals surface area contributed by atoms with Crippen molar-refractivity contribution in [1.82, 2.24) is 73.1 Å². The minimum Gasteiger partial charge on any atom is -0.508 e. The van der Waals surface area contributed by atoms with Crippen LogP contribution in [-0.2, 0) is 106 Å². The number of aromatic hydroxyl groups is 1. The Morgan fingerprint density at radius 2 is 1.02 bits per heavy atom. The zero-order chi connectivity index (χ0) is 84.0. The number of nitrogens with two attached hydrogens (primary N) is 2. The van der Waals surface area contributed by atoms with Gasteiger partial charge in [0.25, 0.3) is 0 Å². The molecule has 5 aromatic rings. The Hall–Kier alpha value is -10.7. The molecule has 0 saturated carbocycles. The number of rotatable bonds is 30. The Balaban J connectivity index is 1.20. The normalized spacial score (nSPS) is 25.4. The Morgan fingerprint density at radius 1 is 0.552 bits per heavy atom. The molecule has 17 N–H and O–H groups in total. The molecule has 4 aromatic carbocycles. The van der Waals surface area contributed by atoms with Gasteiger partial charge in [0.15, 0.2) is 6.29 Å². The smallest absolute Gasteiger partial charge is 0.246 e. The summed E-state index contributed by atoms with van der Waals surface area (Å²) in [6.45, 7) is 8.82. The highest BCUT2D eigenvalue weighted by Crippen LogP contribution is 2.26. The van der Waals surface area contributed by atoms with Crippen LogP contribution in [0.15, 0.2) is 121 Å². The minimum absolute atomic E-state index is 0.00626. The molecule has 0 aliphatic carbocycles. The summed E-state index contributed by atoms with van der Waals surface area (Å²) in [6.07, 6.45) is -0.299. The summed E-state index contributed by atoms with van der Waals surface area (Å²) in [5, 5.41) is 69.7. The highest BCUT2D eigenvalue weighted by atomic mass is 16.7. The average Bonchev–Trinajstić information content (AvgIpc) is 0.884. The number of methoxy groups -OCH3 is 1. The Labute approximate surface area is 676 Å². The Morgan fingerprint density at radius 3 is 1.55 bits per heavy atom. The van der Waals surface area contributed by atoms with Crippen LogP contribution >= 0.6 is 0 Å². The second kappa shape index (κ2) is 45.5. The number of nitrogens with zero attached hydrogens (tertiary/aromatic N) is 4. The van der Waals surface area contributed by atoms with Crippen molar-refractivity contribution >= 4 is 70.9 Å². The number of phenols is 1. The topological polar surface area (TPSA) is 490 Å². The number of nitrogens with one attached hydrogen (secondary N) is 10. The molecular weight excluding hydrogens is 1490 g/mol. The summed E-state index contributed by atoms with van der Waals surface area (Å²) in [4.78, 5) is 179. The van der Waals surface area contributed by atoms with Gasteiger partial charge in [0.05, 0.1) is 12.2 Å². The number of hydrogen-bond donors (Lipinski definition) is 15. The molecule has 630 valence electrons. The van der Waals surface area contributed by atoms with E-state index in [1.807, 2.05) is 13.8 Å². The van der Waals surface area contributed by atoms with Crippen LogP contribution in [-0.4, -0.2) is 217 Å². The lowest BCUT2D eigenvalue weighted by molar-refractivity contribution is -0.259. The number of aliphatic hydroxyl groups is 2. The van der Waals surface area contributed by atoms with Crippen molar-refractivity contribution < 1.29 is 82.3 Å². The lowest BCUT2D eigenvalue weighted by Crippen LogP contribution is -2.64. The number of ether oxygens (including phenoxy) is 2. The van der Waals surface area contributed by atoms with E-state index in [4.69, 9.17) is 20.9 Å². The fourth-order valence-electron chi connectivity index (χ4n) is 14.4. The van der Waals surface area contributed by atoms with Crippen molar-refractivity contribution in [2.45, 2.75) is 254 Å². The summed E-state index contributed by atoms with van der Waals surface area (Å²) >= 11 is 0. The van der Waals surface area contributed by atoms with Gasteiger partial charge in [-0.3, -0.25) is 57.5 Å². The molecule has 3 saturated heterocycles. The third kappa shape index (κ3) is 27.8. The second-order valence-corrected chi connectivity index (χ2v) is 30.9. The van der Waals surface area contributed by atoms with Crippen molar-refractivity contribution in [3.63, 3.8) is 0 Å². The third-order valence-corrected chi connectivity index (χ3v) is 20.8. The molecule has 33 nitrogen and oxygen atoms in total. The van der Waals surface area contributed by atoms with Crippen LogP contribution in [0.2, 0.25) is 0 Å². The van der Waals surface area contributed by atoms with Gasteiger partial charge in [-0.2, -0.15) is 0 Å². The van der Waals surface area contributed by atoms with Gasteiger partial charge in [0, 0.05) is 64.8 Å². The summed E-state index contributed by atoms with van der Waals surface area (Å²) in [5.41, 5.74) is 13.8. The van der Waals surface area contributed by atoms with Crippen molar-refractivity contribution in [2.24, 2.45) is 23.3 Å². The van der Waals surface area contributed by atoms with Crippen LogP contribution in [0.25, 0.3) is 0 Å². The number of carbonyl (C=O) groups excluding carboxylic acids is 12. The molecule has 0 bridgehead atoms. The number of phenolic OH excluding ortho intramolecular Hbond substituents is 1. The summed E-state index contributed by atoms with van der Waals surface area (Å²) in [6, 6.07) is 15.6. The molecule has 1 aromatic heterocycles. The van der Waals surface area contributed by atoms with Gasteiger partial charge in [-0.25, -0.2) is 4.68 Å². The number of amides is 12. The van der Waals surface area contributed by atoms with Crippen LogP contribution in [0.1, 0.15) is 152 Å². The molecule has 116 heavy (non-hydrogen) atoms. The van der Waals surface area contributed by atoms with Crippen LogP contribution in [0.3, 0.4) is 0 Å². The van der Waals surface area contributed by atoms with E-state index < -0.39 is 181 Å². The second-order valence-electron chi connectivity index (χ2n) is 30.9. The van der Waals surface area contributed by atoms with Crippen molar-refractivity contribution in [3.05, 3.63) is 149 Å². The van der Waals surface area contributed by atoms with E-state index in [1.54, 1.807) is 105 Å². The van der Waals surface area contributed by atoms with E-state index in [0.717, 1.165) is 32.1 Å². The highest BCUT2D eigenvalue weighted by Gasteiger charge is 2.47.